The Kier molecular flexibility index (Phi) is 4.58. The van der Waals surface area contributed by atoms with Gasteiger partial charge in [0.2, 0.25) is 0 Å². The first-order valence-corrected chi connectivity index (χ1v) is 9.33. The zero-order valence-electron chi connectivity index (χ0n) is 14.8. The van der Waals surface area contributed by atoms with Gasteiger partial charge in [0.25, 0.3) is 5.91 Å². The van der Waals surface area contributed by atoms with E-state index < -0.39 is 0 Å². The monoisotopic (exact) mass is 334 g/mol. The molecule has 1 N–H and O–H groups in total. The van der Waals surface area contributed by atoms with Crippen LogP contribution in [-0.4, -0.2) is 30.4 Å². The Morgan fingerprint density at radius 1 is 1.08 bits per heavy atom. The lowest BCUT2D eigenvalue weighted by atomic mass is 10.1. The third kappa shape index (κ3) is 4.10. The maximum absolute atomic E-state index is 12.6. The predicted molar refractivity (Wildman–Crippen MR) is 101 cm³/mol. The number of rotatable bonds is 7. The third-order valence-electron chi connectivity index (χ3n) is 5.35. The van der Waals surface area contributed by atoms with Gasteiger partial charge in [0.15, 0.2) is 0 Å². The summed E-state index contributed by atoms with van der Waals surface area (Å²) in [6.07, 6.45) is 4.03. The first-order valence-electron chi connectivity index (χ1n) is 9.33. The number of hydrogen-bond acceptors (Lipinski definition) is 2. The molecule has 0 bridgehead atoms. The molecule has 0 unspecified atom stereocenters. The van der Waals surface area contributed by atoms with E-state index in [1.54, 1.807) is 4.90 Å². The smallest absolute Gasteiger partial charge is 0.253 e. The standard InChI is InChI=1S/C22H26N2O/c1-24(15-17-5-3-2-4-6-17)22(25)19-11-9-18(10-12-19)20-13-21(20)23-14-16-7-8-16/h2-6,9-12,16,20-21,23H,7-8,13-15H2,1H3/t20-,21+/m0/s1. The van der Waals surface area contributed by atoms with Crippen LogP contribution in [0, 0.1) is 5.92 Å². The zero-order chi connectivity index (χ0) is 17.2. The van der Waals surface area contributed by atoms with Crippen LogP contribution in [0.5, 0.6) is 0 Å². The highest BCUT2D eigenvalue weighted by atomic mass is 16.2. The number of hydrogen-bond donors (Lipinski definition) is 1. The van der Waals surface area contributed by atoms with Crippen LogP contribution in [0.15, 0.2) is 54.6 Å². The highest BCUT2D eigenvalue weighted by Crippen LogP contribution is 2.41. The average Bonchev–Trinajstić information content (AvgIpc) is 3.55. The Morgan fingerprint density at radius 3 is 2.48 bits per heavy atom. The lowest BCUT2D eigenvalue weighted by molar-refractivity contribution is 0.0785. The topological polar surface area (TPSA) is 32.3 Å². The molecule has 0 aromatic heterocycles. The lowest BCUT2D eigenvalue weighted by Gasteiger charge is -2.17. The zero-order valence-corrected chi connectivity index (χ0v) is 14.8. The fourth-order valence-electron chi connectivity index (χ4n) is 3.45. The quantitative estimate of drug-likeness (QED) is 0.835. The summed E-state index contributed by atoms with van der Waals surface area (Å²) in [4.78, 5) is 14.4. The number of carbonyl (C=O) groups excluding carboxylic acids is 1. The van der Waals surface area contributed by atoms with Gasteiger partial charge in [-0.15, -0.1) is 0 Å². The van der Waals surface area contributed by atoms with Gasteiger partial charge in [-0.2, -0.15) is 0 Å². The van der Waals surface area contributed by atoms with Gasteiger partial charge < -0.3 is 10.2 Å². The van der Waals surface area contributed by atoms with Gasteiger partial charge in [0.05, 0.1) is 0 Å². The predicted octanol–water partition coefficient (Wildman–Crippen LogP) is 3.81. The first-order chi connectivity index (χ1) is 12.2. The summed E-state index contributed by atoms with van der Waals surface area (Å²) in [5.74, 6) is 1.64. The second-order valence-electron chi connectivity index (χ2n) is 7.57. The number of benzene rings is 2. The Bertz CT molecular complexity index is 721. The molecule has 1 amide bonds. The average molecular weight is 334 g/mol. The Morgan fingerprint density at radius 2 is 1.80 bits per heavy atom. The van der Waals surface area contributed by atoms with Gasteiger partial charge >= 0.3 is 0 Å². The molecule has 2 aliphatic rings. The Labute approximate surface area is 150 Å². The minimum Gasteiger partial charge on any atom is -0.337 e. The lowest BCUT2D eigenvalue weighted by Crippen LogP contribution is -2.26. The van der Waals surface area contributed by atoms with E-state index in [1.165, 1.54) is 31.4 Å². The molecule has 2 aliphatic carbocycles. The molecule has 25 heavy (non-hydrogen) atoms. The molecule has 0 aliphatic heterocycles. The van der Waals surface area contributed by atoms with Crippen LogP contribution < -0.4 is 5.32 Å². The highest BCUT2D eigenvalue weighted by molar-refractivity contribution is 5.94. The summed E-state index contributed by atoms with van der Waals surface area (Å²) in [7, 11) is 1.86. The molecular formula is C22H26N2O. The second-order valence-corrected chi connectivity index (χ2v) is 7.57. The van der Waals surface area contributed by atoms with E-state index in [-0.39, 0.29) is 5.91 Å². The molecule has 2 atom stereocenters. The minimum absolute atomic E-state index is 0.0783. The summed E-state index contributed by atoms with van der Waals surface area (Å²) in [6.45, 7) is 1.82. The van der Waals surface area contributed by atoms with Crippen molar-refractivity contribution in [2.24, 2.45) is 5.92 Å². The van der Waals surface area contributed by atoms with Crippen molar-refractivity contribution in [2.45, 2.75) is 37.8 Å². The maximum atomic E-state index is 12.6. The fraction of sp³-hybridized carbons (Fsp3) is 0.409. The summed E-state index contributed by atoms with van der Waals surface area (Å²) >= 11 is 0. The molecule has 0 radical (unpaired) electrons. The van der Waals surface area contributed by atoms with Gasteiger partial charge in [-0.25, -0.2) is 0 Å². The number of nitrogens with zero attached hydrogens (tertiary/aromatic N) is 1. The molecule has 0 heterocycles. The van der Waals surface area contributed by atoms with Crippen molar-refractivity contribution < 1.29 is 4.79 Å². The third-order valence-corrected chi connectivity index (χ3v) is 5.35. The number of carbonyl (C=O) groups is 1. The van der Waals surface area contributed by atoms with Gasteiger partial charge in [-0.1, -0.05) is 42.5 Å². The SMILES string of the molecule is CN(Cc1ccccc1)C(=O)c1ccc([C@@H]2C[C@H]2NCC2CC2)cc1. The largest absolute Gasteiger partial charge is 0.337 e. The van der Waals surface area contributed by atoms with Crippen LogP contribution in [0.25, 0.3) is 0 Å². The summed E-state index contributed by atoms with van der Waals surface area (Å²) in [5, 5.41) is 3.67. The van der Waals surface area contributed by atoms with E-state index >= 15 is 0 Å². The van der Waals surface area contributed by atoms with E-state index in [1.807, 2.05) is 37.4 Å². The van der Waals surface area contributed by atoms with Crippen molar-refractivity contribution in [2.75, 3.05) is 13.6 Å². The van der Waals surface area contributed by atoms with Gasteiger partial charge in [-0.3, -0.25) is 4.79 Å². The van der Waals surface area contributed by atoms with E-state index in [4.69, 9.17) is 0 Å². The highest BCUT2D eigenvalue weighted by Gasteiger charge is 2.38. The molecule has 2 aromatic carbocycles. The van der Waals surface area contributed by atoms with Crippen LogP contribution in [0.4, 0.5) is 0 Å². The molecule has 4 rings (SSSR count). The molecule has 3 nitrogen and oxygen atoms in total. The van der Waals surface area contributed by atoms with Crippen LogP contribution in [0.2, 0.25) is 0 Å². The Hall–Kier alpha value is -2.13. The minimum atomic E-state index is 0.0783. The number of amides is 1. The summed E-state index contributed by atoms with van der Waals surface area (Å²) < 4.78 is 0. The van der Waals surface area contributed by atoms with Gasteiger partial charge in [-0.05, 0) is 55.0 Å². The Balaban J connectivity index is 1.32. The first kappa shape index (κ1) is 16.3. The molecule has 130 valence electrons. The van der Waals surface area contributed by atoms with Gasteiger partial charge in [0, 0.05) is 31.1 Å². The van der Waals surface area contributed by atoms with Crippen molar-refractivity contribution in [3.05, 3.63) is 71.3 Å². The normalized spacial score (nSPS) is 21.8. The van der Waals surface area contributed by atoms with E-state index in [2.05, 4.69) is 29.6 Å². The van der Waals surface area contributed by atoms with Crippen LogP contribution in [-0.2, 0) is 6.54 Å². The van der Waals surface area contributed by atoms with E-state index in [0.29, 0.717) is 18.5 Å². The van der Waals surface area contributed by atoms with Gasteiger partial charge in [0.1, 0.15) is 0 Å². The molecule has 2 aromatic rings. The van der Waals surface area contributed by atoms with E-state index in [0.717, 1.165) is 17.0 Å². The maximum Gasteiger partial charge on any atom is 0.253 e. The second kappa shape index (κ2) is 7.01. The molecular weight excluding hydrogens is 308 g/mol. The summed E-state index contributed by atoms with van der Waals surface area (Å²) in [6, 6.07) is 19.0. The molecule has 2 fully saturated rings. The molecule has 3 heteroatoms. The van der Waals surface area contributed by atoms with E-state index in [9.17, 15) is 4.79 Å². The van der Waals surface area contributed by atoms with Crippen molar-refractivity contribution >= 4 is 5.91 Å². The van der Waals surface area contributed by atoms with Crippen molar-refractivity contribution in [3.8, 4) is 0 Å². The molecule has 0 spiro atoms. The van der Waals surface area contributed by atoms with Crippen LogP contribution in [0.3, 0.4) is 0 Å². The summed E-state index contributed by atoms with van der Waals surface area (Å²) in [5.41, 5.74) is 3.28. The molecule has 0 saturated heterocycles. The van der Waals surface area contributed by atoms with Crippen LogP contribution >= 0.6 is 0 Å². The number of nitrogens with one attached hydrogen (secondary N) is 1. The van der Waals surface area contributed by atoms with Crippen molar-refractivity contribution in [1.82, 2.24) is 10.2 Å². The van der Waals surface area contributed by atoms with Crippen molar-refractivity contribution in [1.29, 1.82) is 0 Å². The van der Waals surface area contributed by atoms with Crippen LogP contribution in [0.1, 0.15) is 46.7 Å². The molecule has 2 saturated carbocycles. The van der Waals surface area contributed by atoms with Crippen molar-refractivity contribution in [3.63, 3.8) is 0 Å². The fourth-order valence-corrected chi connectivity index (χ4v) is 3.45.